The van der Waals surface area contributed by atoms with Gasteiger partial charge in [0.2, 0.25) is 5.91 Å². The van der Waals surface area contributed by atoms with Gasteiger partial charge in [-0.25, -0.2) is 0 Å². The van der Waals surface area contributed by atoms with Crippen molar-refractivity contribution in [3.8, 4) is 0 Å². The summed E-state index contributed by atoms with van der Waals surface area (Å²) in [5, 5.41) is 14.0. The molecule has 0 bridgehead atoms. The van der Waals surface area contributed by atoms with Crippen LogP contribution >= 0.6 is 7.82 Å². The van der Waals surface area contributed by atoms with Crippen molar-refractivity contribution in [2.45, 2.75) is 309 Å². The molecule has 0 aliphatic carbocycles. The fraction of sp³-hybridized carbons (Fsp3) is 0.885. The number of phosphoric acid groups is 1. The number of hydrogen-bond donors (Lipinski definition) is 2. The first kappa shape index (κ1) is 68.7. The molecule has 0 rings (SSSR count). The van der Waals surface area contributed by atoms with Crippen LogP contribution in [0.4, 0.5) is 0 Å². The van der Waals surface area contributed by atoms with Crippen LogP contribution in [-0.2, 0) is 18.4 Å². The predicted molar refractivity (Wildman–Crippen MR) is 302 cm³/mol. The Labute approximate surface area is 436 Å². The lowest BCUT2D eigenvalue weighted by Gasteiger charge is -2.30. The zero-order valence-electron chi connectivity index (χ0n) is 47.2. The number of phosphoric ester groups is 1. The number of unbranched alkanes of at least 4 members (excludes halogenated alkanes) is 37. The van der Waals surface area contributed by atoms with Gasteiger partial charge in [-0.2, -0.15) is 0 Å². The predicted octanol–water partition coefficient (Wildman–Crippen LogP) is 17.9. The van der Waals surface area contributed by atoms with Crippen molar-refractivity contribution in [3.05, 3.63) is 36.5 Å². The van der Waals surface area contributed by atoms with E-state index in [1.165, 1.54) is 218 Å². The van der Waals surface area contributed by atoms with Crippen molar-refractivity contribution >= 4 is 13.7 Å². The maximum Gasteiger partial charge on any atom is 0.268 e. The lowest BCUT2D eigenvalue weighted by atomic mass is 10.0. The standard InChI is InChI=1S/C61H119N2O6P/c1-6-8-10-12-14-16-18-20-22-24-26-27-28-29-30-31-32-33-34-35-37-39-41-43-45-47-49-51-53-55-61(65)62-59(58-69-70(66,67)68-57-56-63(3,4)5)60(64)54-52-50-48-46-44-42-40-38-36-25-23-21-19-17-15-13-11-9-7-2/h18,20,24,26,28-29,59-60,64H,6-17,19,21-23,25,27,30-58H2,1-5H3,(H-,62,65,66,67)/b20-18-,26-24-,29-28-. The summed E-state index contributed by atoms with van der Waals surface area (Å²) in [4.78, 5) is 25.6. The summed E-state index contributed by atoms with van der Waals surface area (Å²) in [5.74, 6) is -0.162. The first-order chi connectivity index (χ1) is 34.0. The highest BCUT2D eigenvalue weighted by atomic mass is 31.2. The van der Waals surface area contributed by atoms with Crippen LogP contribution in [0.25, 0.3) is 0 Å². The number of quaternary nitrogens is 1. The lowest BCUT2D eigenvalue weighted by Crippen LogP contribution is -2.46. The molecule has 0 heterocycles. The van der Waals surface area contributed by atoms with Crippen LogP contribution < -0.4 is 10.2 Å². The Morgan fingerprint density at radius 1 is 0.500 bits per heavy atom. The van der Waals surface area contributed by atoms with Crippen LogP contribution in [0.5, 0.6) is 0 Å². The summed E-state index contributed by atoms with van der Waals surface area (Å²) in [7, 11) is 1.31. The first-order valence-corrected chi connectivity index (χ1v) is 31.8. The highest BCUT2D eigenvalue weighted by Gasteiger charge is 2.24. The zero-order valence-corrected chi connectivity index (χ0v) is 48.1. The van der Waals surface area contributed by atoms with E-state index in [0.717, 1.165) is 51.4 Å². The molecule has 3 unspecified atom stereocenters. The van der Waals surface area contributed by atoms with Crippen LogP contribution in [0.1, 0.15) is 296 Å². The molecule has 0 aromatic heterocycles. The molecular formula is C61H119N2O6P. The van der Waals surface area contributed by atoms with E-state index in [2.05, 4.69) is 55.6 Å². The average molecular weight is 1010 g/mol. The smallest absolute Gasteiger partial charge is 0.268 e. The van der Waals surface area contributed by atoms with Gasteiger partial charge in [0.05, 0.1) is 39.9 Å². The van der Waals surface area contributed by atoms with Crippen molar-refractivity contribution < 1.29 is 32.9 Å². The van der Waals surface area contributed by atoms with E-state index in [-0.39, 0.29) is 19.1 Å². The van der Waals surface area contributed by atoms with Crippen molar-refractivity contribution in [2.24, 2.45) is 0 Å². The molecule has 0 aliphatic rings. The van der Waals surface area contributed by atoms with Crippen LogP contribution in [0.2, 0.25) is 0 Å². The minimum Gasteiger partial charge on any atom is -0.756 e. The second kappa shape index (κ2) is 52.6. The van der Waals surface area contributed by atoms with Gasteiger partial charge in [0.15, 0.2) is 0 Å². The van der Waals surface area contributed by atoms with E-state index in [0.29, 0.717) is 23.9 Å². The fourth-order valence-electron chi connectivity index (χ4n) is 9.11. The van der Waals surface area contributed by atoms with Crippen LogP contribution in [0.3, 0.4) is 0 Å². The Bertz CT molecular complexity index is 1230. The number of nitrogens with one attached hydrogen (secondary N) is 1. The number of rotatable bonds is 56. The largest absolute Gasteiger partial charge is 0.756 e. The number of hydrogen-bond acceptors (Lipinski definition) is 6. The van der Waals surface area contributed by atoms with Gasteiger partial charge in [-0.1, -0.05) is 275 Å². The van der Waals surface area contributed by atoms with Crippen molar-refractivity contribution in [3.63, 3.8) is 0 Å². The molecule has 0 saturated carbocycles. The summed E-state index contributed by atoms with van der Waals surface area (Å²) in [6.45, 7) is 4.75. The van der Waals surface area contributed by atoms with Gasteiger partial charge in [0, 0.05) is 6.42 Å². The second-order valence-electron chi connectivity index (χ2n) is 22.1. The molecule has 3 atom stereocenters. The van der Waals surface area contributed by atoms with Gasteiger partial charge in [-0.15, -0.1) is 0 Å². The maximum atomic E-state index is 13.0. The van der Waals surface area contributed by atoms with E-state index in [4.69, 9.17) is 9.05 Å². The highest BCUT2D eigenvalue weighted by molar-refractivity contribution is 7.45. The monoisotopic (exact) mass is 1010 g/mol. The molecule has 0 saturated heterocycles. The van der Waals surface area contributed by atoms with E-state index in [9.17, 15) is 19.4 Å². The first-order valence-electron chi connectivity index (χ1n) is 30.3. The van der Waals surface area contributed by atoms with Crippen LogP contribution in [0, 0.1) is 0 Å². The molecule has 0 fully saturated rings. The normalized spacial score (nSPS) is 14.1. The van der Waals surface area contributed by atoms with E-state index >= 15 is 0 Å². The number of allylic oxidation sites excluding steroid dienone is 6. The molecule has 0 aromatic carbocycles. The number of aliphatic hydroxyl groups excluding tert-OH is 1. The van der Waals surface area contributed by atoms with Gasteiger partial charge in [-0.05, 0) is 51.4 Å². The molecule has 2 N–H and O–H groups in total. The summed E-state index contributed by atoms with van der Waals surface area (Å²) in [6.07, 6.45) is 67.5. The number of carbonyl (C=O) groups excluding carboxylic acids is 1. The molecule has 9 heteroatoms. The van der Waals surface area contributed by atoms with Crippen molar-refractivity contribution in [2.75, 3.05) is 40.9 Å². The van der Waals surface area contributed by atoms with Crippen molar-refractivity contribution in [1.82, 2.24) is 5.32 Å². The van der Waals surface area contributed by atoms with E-state index < -0.39 is 20.0 Å². The number of likely N-dealkylation sites (N-methyl/N-ethyl adjacent to an activating group) is 1. The summed E-state index contributed by atoms with van der Waals surface area (Å²) < 4.78 is 23.4. The third kappa shape index (κ3) is 54.5. The molecule has 8 nitrogen and oxygen atoms in total. The van der Waals surface area contributed by atoms with Crippen LogP contribution in [-0.4, -0.2) is 68.5 Å². The zero-order chi connectivity index (χ0) is 51.3. The Morgan fingerprint density at radius 3 is 1.20 bits per heavy atom. The quantitative estimate of drug-likeness (QED) is 0.0272. The Hall–Kier alpha value is -1.28. The van der Waals surface area contributed by atoms with Gasteiger partial charge >= 0.3 is 0 Å². The van der Waals surface area contributed by atoms with Gasteiger partial charge in [0.25, 0.3) is 7.82 Å². The number of aliphatic hydroxyl groups is 1. The lowest BCUT2D eigenvalue weighted by molar-refractivity contribution is -0.870. The minimum atomic E-state index is -4.57. The second-order valence-corrected chi connectivity index (χ2v) is 23.5. The SMILES string of the molecule is CCCCCCC/C=C\C/C=C\C/C=C\CCCCCCCCCCCCCCCCC(=O)NC(COP(=O)([O-])OCC[N+](C)(C)C)C(O)CCCCCCCCCCCCCCCCCCCCC. The number of amides is 1. The van der Waals surface area contributed by atoms with Crippen molar-refractivity contribution in [1.29, 1.82) is 0 Å². The molecule has 0 spiro atoms. The number of nitrogens with zero attached hydrogens (tertiary/aromatic N) is 1. The number of carbonyl (C=O) groups is 1. The molecule has 0 radical (unpaired) electrons. The highest BCUT2D eigenvalue weighted by Crippen LogP contribution is 2.38. The van der Waals surface area contributed by atoms with Gasteiger partial charge in [-0.3, -0.25) is 9.36 Å². The fourth-order valence-corrected chi connectivity index (χ4v) is 9.83. The molecule has 0 aromatic rings. The maximum absolute atomic E-state index is 13.0. The molecule has 70 heavy (non-hydrogen) atoms. The van der Waals surface area contributed by atoms with Gasteiger partial charge < -0.3 is 28.8 Å². The van der Waals surface area contributed by atoms with E-state index in [1.807, 2.05) is 21.1 Å². The Balaban J connectivity index is 4.10. The minimum absolute atomic E-state index is 0.0130. The summed E-state index contributed by atoms with van der Waals surface area (Å²) >= 11 is 0. The molecule has 0 aliphatic heterocycles. The molecule has 1 amide bonds. The third-order valence-corrected chi connectivity index (χ3v) is 14.8. The summed E-state index contributed by atoms with van der Waals surface area (Å²) in [6, 6.07) is -0.801. The molecule has 414 valence electrons. The van der Waals surface area contributed by atoms with E-state index in [1.54, 1.807) is 0 Å². The third-order valence-electron chi connectivity index (χ3n) is 13.9. The molecular weight excluding hydrogens is 888 g/mol. The Kier molecular flexibility index (Phi) is 51.6. The Morgan fingerprint density at radius 2 is 0.829 bits per heavy atom. The van der Waals surface area contributed by atoms with Crippen LogP contribution in [0.15, 0.2) is 36.5 Å². The average Bonchev–Trinajstić information content (AvgIpc) is 3.32. The summed E-state index contributed by atoms with van der Waals surface area (Å²) in [5.41, 5.74) is 0. The van der Waals surface area contributed by atoms with Gasteiger partial charge in [0.1, 0.15) is 13.2 Å². The topological polar surface area (TPSA) is 108 Å².